The smallest absolute Gasteiger partial charge is 0.316 e. The molecule has 0 aromatic heterocycles. The maximum atomic E-state index is 12.7. The Bertz CT molecular complexity index is 479. The van der Waals surface area contributed by atoms with Crippen LogP contribution in [0.4, 0.5) is 0 Å². The quantitative estimate of drug-likeness (QED) is 0.724. The number of likely N-dealkylation sites (tertiary alicyclic amines) is 1. The summed E-state index contributed by atoms with van der Waals surface area (Å²) in [6, 6.07) is 10.1. The summed E-state index contributed by atoms with van der Waals surface area (Å²) in [5.41, 5.74) is 0.587. The summed E-state index contributed by atoms with van der Waals surface area (Å²) < 4.78 is 11.0. The van der Waals surface area contributed by atoms with Crippen LogP contribution < -0.4 is 0 Å². The molecule has 0 saturated carbocycles. The molecular formula is C19H29NO3. The zero-order valence-electron chi connectivity index (χ0n) is 14.6. The lowest BCUT2D eigenvalue weighted by Gasteiger charge is -2.40. The lowest BCUT2D eigenvalue weighted by molar-refractivity contribution is -0.152. The maximum absolute atomic E-state index is 12.7. The summed E-state index contributed by atoms with van der Waals surface area (Å²) >= 11 is 0. The molecule has 1 aromatic rings. The standard InChI is InChI=1S/C19H29NO3/c1-4-22-18(21)19(17-8-6-5-7-9-17)10-12-20(13-11-19)14-15-23-16(2)3/h5-9,16H,4,10-15H2,1-3H3. The molecule has 0 bridgehead atoms. The van der Waals surface area contributed by atoms with E-state index in [1.54, 1.807) is 0 Å². The van der Waals surface area contributed by atoms with Crippen LogP contribution in [-0.2, 0) is 19.7 Å². The molecule has 1 aromatic carbocycles. The van der Waals surface area contributed by atoms with Crippen molar-refractivity contribution < 1.29 is 14.3 Å². The van der Waals surface area contributed by atoms with Gasteiger partial charge in [-0.3, -0.25) is 4.79 Å². The van der Waals surface area contributed by atoms with Crippen molar-refractivity contribution in [3.63, 3.8) is 0 Å². The van der Waals surface area contributed by atoms with Gasteiger partial charge in [0.1, 0.15) is 0 Å². The molecular weight excluding hydrogens is 290 g/mol. The van der Waals surface area contributed by atoms with Crippen LogP contribution in [-0.4, -0.2) is 49.8 Å². The van der Waals surface area contributed by atoms with E-state index < -0.39 is 5.41 Å². The number of esters is 1. The second kappa shape index (κ2) is 8.46. The lowest BCUT2D eigenvalue weighted by atomic mass is 9.72. The molecule has 1 fully saturated rings. The van der Waals surface area contributed by atoms with Gasteiger partial charge in [0, 0.05) is 6.54 Å². The fourth-order valence-electron chi connectivity index (χ4n) is 3.21. The van der Waals surface area contributed by atoms with Crippen LogP contribution in [0.1, 0.15) is 39.2 Å². The summed E-state index contributed by atoms with van der Waals surface area (Å²) in [5.74, 6) is -0.0794. The van der Waals surface area contributed by atoms with E-state index in [-0.39, 0.29) is 12.1 Å². The first-order chi connectivity index (χ1) is 11.1. The summed E-state index contributed by atoms with van der Waals surface area (Å²) in [6.45, 7) is 9.87. The van der Waals surface area contributed by atoms with Crippen LogP contribution >= 0.6 is 0 Å². The second-order valence-electron chi connectivity index (χ2n) is 6.43. The Morgan fingerprint density at radius 1 is 1.22 bits per heavy atom. The van der Waals surface area contributed by atoms with Crippen LogP contribution in [0.3, 0.4) is 0 Å². The largest absolute Gasteiger partial charge is 0.465 e. The molecule has 23 heavy (non-hydrogen) atoms. The van der Waals surface area contributed by atoms with Gasteiger partial charge in [0.05, 0.1) is 24.7 Å². The molecule has 1 aliphatic heterocycles. The number of hydrogen-bond donors (Lipinski definition) is 0. The molecule has 1 saturated heterocycles. The van der Waals surface area contributed by atoms with Crippen LogP contribution in [0.5, 0.6) is 0 Å². The molecule has 1 heterocycles. The van der Waals surface area contributed by atoms with E-state index in [1.807, 2.05) is 25.1 Å². The van der Waals surface area contributed by atoms with E-state index >= 15 is 0 Å². The van der Waals surface area contributed by atoms with Crippen molar-refractivity contribution in [1.82, 2.24) is 4.90 Å². The lowest BCUT2D eigenvalue weighted by Crippen LogP contribution is -2.48. The van der Waals surface area contributed by atoms with Gasteiger partial charge in [-0.15, -0.1) is 0 Å². The molecule has 1 aliphatic rings. The van der Waals surface area contributed by atoms with Gasteiger partial charge in [0.2, 0.25) is 0 Å². The van der Waals surface area contributed by atoms with Crippen LogP contribution in [0.25, 0.3) is 0 Å². The number of benzene rings is 1. The van der Waals surface area contributed by atoms with Gasteiger partial charge >= 0.3 is 5.97 Å². The predicted molar refractivity (Wildman–Crippen MR) is 91.5 cm³/mol. The minimum absolute atomic E-state index is 0.0794. The van der Waals surface area contributed by atoms with Gasteiger partial charge < -0.3 is 14.4 Å². The van der Waals surface area contributed by atoms with Gasteiger partial charge in [-0.2, -0.15) is 0 Å². The first-order valence-electron chi connectivity index (χ1n) is 8.65. The van der Waals surface area contributed by atoms with Gasteiger partial charge in [-0.05, 0) is 52.3 Å². The van der Waals surface area contributed by atoms with Gasteiger partial charge in [-0.25, -0.2) is 0 Å². The Labute approximate surface area is 139 Å². The van der Waals surface area contributed by atoms with Crippen molar-refractivity contribution in [2.24, 2.45) is 0 Å². The Morgan fingerprint density at radius 2 is 1.87 bits per heavy atom. The fourth-order valence-corrected chi connectivity index (χ4v) is 3.21. The number of ether oxygens (including phenoxy) is 2. The van der Waals surface area contributed by atoms with Crippen molar-refractivity contribution in [3.05, 3.63) is 35.9 Å². The summed E-state index contributed by atoms with van der Waals surface area (Å²) in [4.78, 5) is 15.0. The normalized spacial score (nSPS) is 18.1. The highest BCUT2D eigenvalue weighted by molar-refractivity contribution is 5.83. The van der Waals surface area contributed by atoms with E-state index in [9.17, 15) is 4.79 Å². The highest BCUT2D eigenvalue weighted by atomic mass is 16.5. The highest BCUT2D eigenvalue weighted by Gasteiger charge is 2.43. The number of carbonyl (C=O) groups is 1. The van der Waals surface area contributed by atoms with Crippen LogP contribution in [0.2, 0.25) is 0 Å². The number of hydrogen-bond acceptors (Lipinski definition) is 4. The average Bonchev–Trinajstić information content (AvgIpc) is 2.56. The summed E-state index contributed by atoms with van der Waals surface area (Å²) in [6.07, 6.45) is 1.87. The molecule has 0 atom stereocenters. The Hall–Kier alpha value is -1.39. The minimum atomic E-state index is -0.493. The van der Waals surface area contributed by atoms with Crippen molar-refractivity contribution >= 4 is 5.97 Å². The second-order valence-corrected chi connectivity index (χ2v) is 6.43. The van der Waals surface area contributed by atoms with Gasteiger partial charge in [-0.1, -0.05) is 30.3 Å². The van der Waals surface area contributed by atoms with E-state index in [1.165, 1.54) is 0 Å². The van der Waals surface area contributed by atoms with E-state index in [4.69, 9.17) is 9.47 Å². The predicted octanol–water partition coefficient (Wildman–Crippen LogP) is 3.01. The Balaban J connectivity index is 2.03. The Kier molecular flexibility index (Phi) is 6.60. The molecule has 0 spiro atoms. The fraction of sp³-hybridized carbons (Fsp3) is 0.632. The first kappa shape index (κ1) is 18.0. The molecule has 0 unspecified atom stereocenters. The molecule has 0 N–H and O–H groups in total. The third kappa shape index (κ3) is 4.55. The molecule has 4 heteroatoms. The average molecular weight is 319 g/mol. The maximum Gasteiger partial charge on any atom is 0.316 e. The number of rotatable bonds is 7. The van der Waals surface area contributed by atoms with Crippen LogP contribution in [0, 0.1) is 0 Å². The Morgan fingerprint density at radius 3 is 2.43 bits per heavy atom. The number of carbonyl (C=O) groups excluding carboxylic acids is 1. The van der Waals surface area contributed by atoms with Gasteiger partial charge in [0.15, 0.2) is 0 Å². The SMILES string of the molecule is CCOC(=O)C1(c2ccccc2)CCN(CCOC(C)C)CC1. The molecule has 0 aliphatic carbocycles. The van der Waals surface area contributed by atoms with Crippen molar-refractivity contribution in [1.29, 1.82) is 0 Å². The van der Waals surface area contributed by atoms with Crippen molar-refractivity contribution in [3.8, 4) is 0 Å². The zero-order valence-corrected chi connectivity index (χ0v) is 14.6. The first-order valence-corrected chi connectivity index (χ1v) is 8.65. The summed E-state index contributed by atoms with van der Waals surface area (Å²) in [5, 5.41) is 0. The highest BCUT2D eigenvalue weighted by Crippen LogP contribution is 2.36. The third-order valence-corrected chi connectivity index (χ3v) is 4.56. The van der Waals surface area contributed by atoms with E-state index in [2.05, 4.69) is 30.9 Å². The third-order valence-electron chi connectivity index (χ3n) is 4.56. The molecule has 128 valence electrons. The number of nitrogens with zero attached hydrogens (tertiary/aromatic N) is 1. The van der Waals surface area contributed by atoms with Crippen molar-refractivity contribution in [2.45, 2.75) is 45.1 Å². The van der Waals surface area contributed by atoms with Gasteiger partial charge in [0.25, 0.3) is 0 Å². The topological polar surface area (TPSA) is 38.8 Å². The summed E-state index contributed by atoms with van der Waals surface area (Å²) in [7, 11) is 0. The number of piperidine rings is 1. The molecule has 2 rings (SSSR count). The minimum Gasteiger partial charge on any atom is -0.465 e. The van der Waals surface area contributed by atoms with E-state index in [0.717, 1.165) is 44.6 Å². The monoisotopic (exact) mass is 319 g/mol. The molecule has 0 radical (unpaired) electrons. The van der Waals surface area contributed by atoms with E-state index in [0.29, 0.717) is 6.61 Å². The van der Waals surface area contributed by atoms with Crippen molar-refractivity contribution in [2.75, 3.05) is 32.8 Å². The molecule has 0 amide bonds. The van der Waals surface area contributed by atoms with Crippen LogP contribution in [0.15, 0.2) is 30.3 Å². The zero-order chi connectivity index (χ0) is 16.7. The molecule has 4 nitrogen and oxygen atoms in total.